The van der Waals surface area contributed by atoms with Gasteiger partial charge >= 0.3 is 0 Å². The largest absolute Gasteiger partial charge is 0.394 e. The number of fused-ring (bicyclic) bond motifs is 5. The zero-order valence-corrected chi connectivity index (χ0v) is 25.6. The van der Waals surface area contributed by atoms with Gasteiger partial charge in [-0.2, -0.15) is 0 Å². The van der Waals surface area contributed by atoms with Crippen molar-refractivity contribution in [2.45, 2.75) is 38.7 Å². The van der Waals surface area contributed by atoms with E-state index in [1.54, 1.807) is 16.8 Å². The molecule has 2 heterocycles. The van der Waals surface area contributed by atoms with Crippen molar-refractivity contribution in [2.24, 2.45) is 13.0 Å². The molecule has 0 saturated heterocycles. The lowest BCUT2D eigenvalue weighted by Crippen LogP contribution is -2.48. The lowest BCUT2D eigenvalue weighted by Gasteiger charge is -2.35. The quantitative estimate of drug-likeness (QED) is 0.329. The second kappa shape index (κ2) is 13.1. The van der Waals surface area contributed by atoms with E-state index in [-0.39, 0.29) is 24.3 Å². The monoisotopic (exact) mass is 583 g/mol. The van der Waals surface area contributed by atoms with Crippen LogP contribution < -0.4 is 0 Å². The number of benzene rings is 3. The number of hydrogen-bond donors (Lipinski definition) is 1. The summed E-state index contributed by atoms with van der Waals surface area (Å²) >= 11 is 0. The van der Waals surface area contributed by atoms with E-state index in [0.29, 0.717) is 25.4 Å². The number of methoxy groups -OCH3 is 1. The highest BCUT2D eigenvalue weighted by molar-refractivity contribution is 6.10. The zero-order valence-electron chi connectivity index (χ0n) is 25.6. The molecule has 1 aliphatic rings. The number of nitrogens with zero attached hydrogens (tertiary/aromatic N) is 3. The first-order valence-corrected chi connectivity index (χ1v) is 14.8. The van der Waals surface area contributed by atoms with Gasteiger partial charge in [0.2, 0.25) is 0 Å². The summed E-state index contributed by atoms with van der Waals surface area (Å²) in [5.41, 5.74) is 5.08. The Morgan fingerprint density at radius 1 is 1.07 bits per heavy atom. The Hall–Kier alpha value is -3.98. The molecule has 8 heteroatoms. The number of aliphatic hydroxyl groups is 1. The Bertz CT molecular complexity index is 1580. The molecule has 0 spiro atoms. The molecule has 2 amide bonds. The van der Waals surface area contributed by atoms with Crippen molar-refractivity contribution < 1.29 is 24.2 Å². The highest BCUT2D eigenvalue weighted by Crippen LogP contribution is 2.38. The lowest BCUT2D eigenvalue weighted by atomic mass is 9.96. The molecule has 1 aliphatic heterocycles. The summed E-state index contributed by atoms with van der Waals surface area (Å²) in [6.45, 7) is 4.67. The summed E-state index contributed by atoms with van der Waals surface area (Å²) in [4.78, 5) is 31.5. The Kier molecular flexibility index (Phi) is 9.30. The fourth-order valence-corrected chi connectivity index (χ4v) is 6.09. The molecule has 4 aromatic rings. The van der Waals surface area contributed by atoms with Crippen molar-refractivity contribution in [3.63, 3.8) is 0 Å². The van der Waals surface area contributed by atoms with E-state index in [9.17, 15) is 14.7 Å². The number of carbonyl (C=O) groups is 2. The first kappa shape index (κ1) is 30.5. The Morgan fingerprint density at radius 3 is 2.47 bits per heavy atom. The highest BCUT2D eigenvalue weighted by Gasteiger charge is 2.34. The van der Waals surface area contributed by atoms with Gasteiger partial charge < -0.3 is 28.9 Å². The summed E-state index contributed by atoms with van der Waals surface area (Å²) < 4.78 is 14.2. The van der Waals surface area contributed by atoms with Gasteiger partial charge in [-0.15, -0.1) is 0 Å². The molecule has 1 aromatic heterocycles. The van der Waals surface area contributed by atoms with Crippen molar-refractivity contribution in [1.29, 1.82) is 0 Å². The van der Waals surface area contributed by atoms with Gasteiger partial charge in [0.1, 0.15) is 5.69 Å². The summed E-state index contributed by atoms with van der Waals surface area (Å²) in [7, 11) is 5.21. The van der Waals surface area contributed by atoms with Gasteiger partial charge in [-0.3, -0.25) is 9.59 Å². The number of amides is 2. The summed E-state index contributed by atoms with van der Waals surface area (Å²) in [6, 6.07) is 25.1. The third kappa shape index (κ3) is 5.95. The molecule has 1 N–H and O–H groups in total. The topological polar surface area (TPSA) is 84.2 Å². The van der Waals surface area contributed by atoms with Crippen LogP contribution in [0.2, 0.25) is 0 Å². The van der Waals surface area contributed by atoms with Crippen LogP contribution in [0.25, 0.3) is 22.0 Å². The molecule has 226 valence electrons. The first-order valence-electron chi connectivity index (χ1n) is 14.8. The van der Waals surface area contributed by atoms with Crippen molar-refractivity contribution in [3.05, 3.63) is 95.7 Å². The molecule has 0 aliphatic carbocycles. The maximum absolute atomic E-state index is 14.5. The van der Waals surface area contributed by atoms with Gasteiger partial charge in [0.25, 0.3) is 11.8 Å². The molecule has 8 nitrogen and oxygen atoms in total. The average Bonchev–Trinajstić information content (AvgIpc) is 3.32. The van der Waals surface area contributed by atoms with Crippen molar-refractivity contribution in [3.8, 4) is 11.1 Å². The van der Waals surface area contributed by atoms with E-state index in [1.165, 1.54) is 7.11 Å². The normalized spacial score (nSPS) is 18.8. The standard InChI is InChI=1S/C35H41N3O5/c1-23-19-38(24(2)21-39)34(40)32-31(28-17-11-12-18-29(28)37(32)4)27-16-10-9-15-26(27)22-43-30(23)20-36(3)35(41)33(42-5)25-13-7-6-8-14-25/h6-18,23-24,30,33,39H,19-22H2,1-5H3/t23-,24-,30-,33-/m0/s1. The molecule has 43 heavy (non-hydrogen) atoms. The fourth-order valence-electron chi connectivity index (χ4n) is 6.09. The predicted octanol–water partition coefficient (Wildman–Crippen LogP) is 5.05. The van der Waals surface area contributed by atoms with Crippen LogP contribution in [0.4, 0.5) is 0 Å². The zero-order chi connectivity index (χ0) is 30.7. The third-order valence-corrected chi connectivity index (χ3v) is 8.62. The Morgan fingerprint density at radius 2 is 1.74 bits per heavy atom. The van der Waals surface area contributed by atoms with Crippen LogP contribution in [0.15, 0.2) is 78.9 Å². The highest BCUT2D eigenvalue weighted by atomic mass is 16.5. The molecule has 3 aromatic carbocycles. The number of aliphatic hydroxyl groups excluding tert-OH is 1. The molecule has 5 rings (SSSR count). The molecular weight excluding hydrogens is 542 g/mol. The van der Waals surface area contributed by atoms with Crippen molar-refractivity contribution in [2.75, 3.05) is 33.9 Å². The molecule has 0 saturated carbocycles. The van der Waals surface area contributed by atoms with Gasteiger partial charge in [0.15, 0.2) is 6.10 Å². The van der Waals surface area contributed by atoms with Gasteiger partial charge in [-0.05, 0) is 29.7 Å². The summed E-state index contributed by atoms with van der Waals surface area (Å²) in [5.74, 6) is -0.477. The number of rotatable bonds is 7. The van der Waals surface area contributed by atoms with E-state index >= 15 is 0 Å². The smallest absolute Gasteiger partial charge is 0.271 e. The van der Waals surface area contributed by atoms with Gasteiger partial charge in [0.05, 0.1) is 25.4 Å². The second-order valence-corrected chi connectivity index (χ2v) is 11.5. The minimum absolute atomic E-state index is 0.148. The van der Waals surface area contributed by atoms with Crippen LogP contribution in [0.1, 0.15) is 41.6 Å². The number of ether oxygens (including phenoxy) is 2. The number of aromatic nitrogens is 1. The predicted molar refractivity (Wildman–Crippen MR) is 168 cm³/mol. The molecule has 0 fully saturated rings. The number of aryl methyl sites for hydroxylation is 1. The Labute approximate surface area is 253 Å². The number of hydrogen-bond acceptors (Lipinski definition) is 5. The molecular formula is C35H41N3O5. The van der Waals surface area contributed by atoms with E-state index in [0.717, 1.165) is 33.2 Å². The van der Waals surface area contributed by atoms with Crippen LogP contribution in [0.5, 0.6) is 0 Å². The van der Waals surface area contributed by atoms with Crippen LogP contribution in [-0.4, -0.2) is 77.3 Å². The second-order valence-electron chi connectivity index (χ2n) is 11.5. The maximum atomic E-state index is 14.5. The van der Waals surface area contributed by atoms with Crippen LogP contribution in [0, 0.1) is 5.92 Å². The maximum Gasteiger partial charge on any atom is 0.271 e. The van der Waals surface area contributed by atoms with Crippen molar-refractivity contribution in [1.82, 2.24) is 14.4 Å². The number of para-hydroxylation sites is 1. The van der Waals surface area contributed by atoms with Crippen LogP contribution in [0.3, 0.4) is 0 Å². The molecule has 0 radical (unpaired) electrons. The number of likely N-dealkylation sites (N-methyl/N-ethyl adjacent to an activating group) is 1. The third-order valence-electron chi connectivity index (χ3n) is 8.62. The summed E-state index contributed by atoms with van der Waals surface area (Å²) in [6.07, 6.45) is -1.13. The molecule has 0 unspecified atom stereocenters. The SMILES string of the molecule is CO[C@H](C(=O)N(C)C[C@@H]1OCc2ccccc2-c2c(n(C)c3ccccc23)C(=O)N([C@@H](C)CO)C[C@@H]1C)c1ccccc1. The van der Waals surface area contributed by atoms with Crippen LogP contribution >= 0.6 is 0 Å². The van der Waals surface area contributed by atoms with Crippen LogP contribution in [-0.2, 0) is 27.9 Å². The van der Waals surface area contributed by atoms with Gasteiger partial charge in [-0.25, -0.2) is 0 Å². The lowest BCUT2D eigenvalue weighted by molar-refractivity contribution is -0.143. The van der Waals surface area contributed by atoms with Gasteiger partial charge in [0, 0.05) is 56.7 Å². The molecule has 4 atom stereocenters. The van der Waals surface area contributed by atoms with Gasteiger partial charge in [-0.1, -0.05) is 79.7 Å². The minimum Gasteiger partial charge on any atom is -0.394 e. The molecule has 0 bridgehead atoms. The minimum atomic E-state index is -0.736. The number of carbonyl (C=O) groups excluding carboxylic acids is 2. The van der Waals surface area contributed by atoms with Crippen molar-refractivity contribution >= 4 is 22.7 Å². The average molecular weight is 584 g/mol. The Balaban J connectivity index is 1.55. The van der Waals surface area contributed by atoms with E-state index in [4.69, 9.17) is 9.47 Å². The van der Waals surface area contributed by atoms with E-state index in [1.807, 2.05) is 104 Å². The fraction of sp³-hybridized carbons (Fsp3) is 0.371. The summed E-state index contributed by atoms with van der Waals surface area (Å²) in [5, 5.41) is 11.2. The van der Waals surface area contributed by atoms with E-state index < -0.39 is 18.2 Å². The first-order chi connectivity index (χ1) is 20.8. The van der Waals surface area contributed by atoms with E-state index in [2.05, 4.69) is 0 Å².